The number of carbonyl (C=O) groups is 1. The van der Waals surface area contributed by atoms with Gasteiger partial charge in [-0.3, -0.25) is 4.79 Å². The van der Waals surface area contributed by atoms with Crippen LogP contribution in [0, 0.1) is 34.5 Å². The summed E-state index contributed by atoms with van der Waals surface area (Å²) < 4.78 is 12.3. The number of fused-ring (bicyclic) bond motifs is 7. The lowest BCUT2D eigenvalue weighted by Gasteiger charge is -2.70. The van der Waals surface area contributed by atoms with E-state index in [4.69, 9.17) is 9.47 Å². The largest absolute Gasteiger partial charge is 0.504 e. The van der Waals surface area contributed by atoms with Gasteiger partial charge in [-0.1, -0.05) is 107 Å². The number of hydrogen-bond donors (Lipinski definition) is 1. The van der Waals surface area contributed by atoms with Crippen LogP contribution in [-0.4, -0.2) is 11.1 Å². The summed E-state index contributed by atoms with van der Waals surface area (Å²) in [6.45, 7) is 17.4. The third kappa shape index (κ3) is 4.95. The molecule has 254 valence electrons. The molecule has 3 aromatic rings. The number of hydrogen-bond acceptors (Lipinski definition) is 4. The van der Waals surface area contributed by atoms with E-state index in [9.17, 15) is 9.90 Å². The lowest BCUT2D eigenvalue weighted by molar-refractivity contribution is -0.182. The molecule has 0 spiro atoms. The average molecular weight is 647 g/mol. The number of benzene rings is 3. The molecule has 3 unspecified atom stereocenters. The lowest BCUT2D eigenvalue weighted by Crippen LogP contribution is -2.62. The van der Waals surface area contributed by atoms with E-state index in [2.05, 4.69) is 66.7 Å². The highest BCUT2D eigenvalue weighted by Crippen LogP contribution is 2.75. The van der Waals surface area contributed by atoms with Crippen molar-refractivity contribution in [1.29, 1.82) is 0 Å². The molecule has 0 aliphatic heterocycles. The molecule has 4 heteroatoms. The second-order valence-corrected chi connectivity index (χ2v) is 17.1. The van der Waals surface area contributed by atoms with E-state index in [0.717, 1.165) is 55.2 Å². The van der Waals surface area contributed by atoms with Crippen LogP contribution < -0.4 is 4.74 Å². The molecule has 0 radical (unpaired) electrons. The summed E-state index contributed by atoms with van der Waals surface area (Å²) in [6.07, 6.45) is 9.85. The van der Waals surface area contributed by atoms with Crippen LogP contribution in [-0.2, 0) is 28.2 Å². The minimum absolute atomic E-state index is 0.0195. The average Bonchev–Trinajstić information content (AvgIpc) is 3.07. The first-order chi connectivity index (χ1) is 22.7. The highest BCUT2D eigenvalue weighted by atomic mass is 16.5. The van der Waals surface area contributed by atoms with Crippen molar-refractivity contribution in [3.05, 3.63) is 106 Å². The maximum absolute atomic E-state index is 13.8. The fraction of sp³-hybridized carbons (Fsp3) is 0.523. The van der Waals surface area contributed by atoms with Crippen LogP contribution in [0.5, 0.6) is 11.5 Å². The van der Waals surface area contributed by atoms with Gasteiger partial charge in [0.25, 0.3) is 0 Å². The summed E-state index contributed by atoms with van der Waals surface area (Å²) >= 11 is 0. The molecule has 7 atom stereocenters. The van der Waals surface area contributed by atoms with Crippen LogP contribution >= 0.6 is 0 Å². The first-order valence-electron chi connectivity index (χ1n) is 18.2. The van der Waals surface area contributed by atoms with Gasteiger partial charge in [0.15, 0.2) is 11.5 Å². The van der Waals surface area contributed by atoms with Crippen molar-refractivity contribution in [2.45, 2.75) is 118 Å². The van der Waals surface area contributed by atoms with Crippen LogP contribution in [0.3, 0.4) is 0 Å². The predicted octanol–water partition coefficient (Wildman–Crippen LogP) is 10.7. The van der Waals surface area contributed by atoms with Gasteiger partial charge in [0.1, 0.15) is 13.2 Å². The Morgan fingerprint density at radius 2 is 1.46 bits per heavy atom. The van der Waals surface area contributed by atoms with Crippen molar-refractivity contribution in [1.82, 2.24) is 0 Å². The number of aromatic hydroxyl groups is 1. The zero-order valence-corrected chi connectivity index (χ0v) is 30.1. The van der Waals surface area contributed by atoms with Gasteiger partial charge < -0.3 is 14.6 Å². The third-order valence-electron chi connectivity index (χ3n) is 14.2. The molecule has 48 heavy (non-hydrogen) atoms. The molecule has 4 aliphatic carbocycles. The molecule has 4 nitrogen and oxygen atoms in total. The maximum atomic E-state index is 13.8. The normalized spacial score (nSPS) is 35.3. The Bertz CT molecular complexity index is 1740. The molecule has 4 aliphatic rings. The summed E-state index contributed by atoms with van der Waals surface area (Å²) in [4.78, 5) is 13.8. The number of phenolic OH excluding ortho intramolecular Hbond substituents is 1. The van der Waals surface area contributed by atoms with Gasteiger partial charge in [-0.25, -0.2) is 0 Å². The molecule has 0 saturated heterocycles. The lowest BCUT2D eigenvalue weighted by atomic mass is 9.34. The fourth-order valence-corrected chi connectivity index (χ4v) is 11.0. The Morgan fingerprint density at radius 3 is 2.12 bits per heavy atom. The van der Waals surface area contributed by atoms with E-state index < -0.39 is 5.41 Å². The van der Waals surface area contributed by atoms with E-state index in [1.165, 1.54) is 17.5 Å². The molecule has 3 aromatic carbocycles. The predicted molar refractivity (Wildman–Crippen MR) is 192 cm³/mol. The fourth-order valence-electron chi connectivity index (χ4n) is 11.0. The quantitative estimate of drug-likeness (QED) is 0.214. The molecule has 3 fully saturated rings. The Kier molecular flexibility index (Phi) is 7.92. The summed E-state index contributed by atoms with van der Waals surface area (Å²) in [7, 11) is 0. The van der Waals surface area contributed by atoms with Crippen molar-refractivity contribution in [3.8, 4) is 11.5 Å². The Hall–Kier alpha value is -3.53. The molecular formula is C44H54O4. The molecule has 0 aromatic heterocycles. The van der Waals surface area contributed by atoms with Gasteiger partial charge >= 0.3 is 5.97 Å². The third-order valence-corrected chi connectivity index (χ3v) is 14.2. The zero-order valence-electron chi connectivity index (χ0n) is 30.1. The Morgan fingerprint density at radius 1 is 0.833 bits per heavy atom. The smallest absolute Gasteiger partial charge is 0.312 e. The first kappa shape index (κ1) is 33.0. The number of esters is 1. The summed E-state index contributed by atoms with van der Waals surface area (Å²) in [5.41, 5.74) is 6.87. The number of carbonyl (C=O) groups excluding carboxylic acids is 1. The molecule has 7 rings (SSSR count). The van der Waals surface area contributed by atoms with E-state index in [-0.39, 0.29) is 39.3 Å². The van der Waals surface area contributed by atoms with Crippen molar-refractivity contribution >= 4 is 5.97 Å². The van der Waals surface area contributed by atoms with Crippen molar-refractivity contribution < 1.29 is 19.4 Å². The van der Waals surface area contributed by atoms with E-state index in [0.29, 0.717) is 24.9 Å². The monoisotopic (exact) mass is 646 g/mol. The maximum Gasteiger partial charge on any atom is 0.312 e. The minimum atomic E-state index is -0.485. The topological polar surface area (TPSA) is 55.8 Å². The number of phenols is 1. The summed E-state index contributed by atoms with van der Waals surface area (Å²) in [6, 6.07) is 22.2. The standard InChI is InChI=1S/C44H54O4/c1-29-24-35-42(5,33-25-34(45)38(30(2)37(29)33)47-27-31-14-10-8-11-15-31)21-23-44(7)36-26-41(4,19-18-40(36,3)20-22-43(35,44)6)39(46)48-28-32-16-12-9-13-17-32/h8-17,24-25,29,36,45H,18-23,26-28H2,1-7H3/t29?,36?,40?,41-,42+,43-,44+/m1/s1. The van der Waals surface area contributed by atoms with Crippen LogP contribution in [0.4, 0.5) is 0 Å². The van der Waals surface area contributed by atoms with Gasteiger partial charge in [0.05, 0.1) is 5.41 Å². The van der Waals surface area contributed by atoms with Crippen molar-refractivity contribution in [3.63, 3.8) is 0 Å². The highest BCUT2D eigenvalue weighted by molar-refractivity contribution is 5.76. The zero-order chi connectivity index (χ0) is 34.1. The number of rotatable bonds is 6. The van der Waals surface area contributed by atoms with Gasteiger partial charge in [-0.2, -0.15) is 0 Å². The Balaban J connectivity index is 1.20. The minimum Gasteiger partial charge on any atom is -0.504 e. The molecule has 0 amide bonds. The van der Waals surface area contributed by atoms with Gasteiger partial charge in [0.2, 0.25) is 0 Å². The Labute approximate surface area is 288 Å². The highest BCUT2D eigenvalue weighted by Gasteiger charge is 2.67. The van der Waals surface area contributed by atoms with E-state index in [1.807, 2.05) is 54.6 Å². The second kappa shape index (κ2) is 11.5. The van der Waals surface area contributed by atoms with Crippen LogP contribution in [0.1, 0.15) is 120 Å². The van der Waals surface area contributed by atoms with Crippen LogP contribution in [0.15, 0.2) is 78.4 Å². The second-order valence-electron chi connectivity index (χ2n) is 17.1. The summed E-state index contributed by atoms with van der Waals surface area (Å²) in [5.74, 6) is 1.42. The molecule has 3 saturated carbocycles. The SMILES string of the molecule is Cc1c(OCc2ccccc2)c(O)cc2c1C(C)C=C1[C@@]2(C)CC[C@@]2(C)C3C[C@](C)(C(=O)OCc4ccccc4)CCC3(C)CC[C@]12C. The van der Waals surface area contributed by atoms with E-state index >= 15 is 0 Å². The molecular weight excluding hydrogens is 592 g/mol. The van der Waals surface area contributed by atoms with Gasteiger partial charge in [-0.15, -0.1) is 0 Å². The van der Waals surface area contributed by atoms with E-state index in [1.54, 1.807) is 5.57 Å². The van der Waals surface area contributed by atoms with Crippen LogP contribution in [0.2, 0.25) is 0 Å². The first-order valence-corrected chi connectivity index (χ1v) is 18.2. The van der Waals surface area contributed by atoms with Gasteiger partial charge in [0, 0.05) is 5.41 Å². The molecule has 0 heterocycles. The molecule has 0 bridgehead atoms. The number of ether oxygens (including phenoxy) is 2. The van der Waals surface area contributed by atoms with Crippen molar-refractivity contribution in [2.24, 2.45) is 27.6 Å². The molecule has 1 N–H and O–H groups in total. The van der Waals surface area contributed by atoms with Crippen molar-refractivity contribution in [2.75, 3.05) is 0 Å². The van der Waals surface area contributed by atoms with Crippen LogP contribution in [0.25, 0.3) is 0 Å². The van der Waals surface area contributed by atoms with Gasteiger partial charge in [-0.05, 0) is 121 Å². The summed E-state index contributed by atoms with van der Waals surface area (Å²) in [5, 5.41) is 11.5. The number of allylic oxidation sites excluding steroid dienone is 2.